The number of H-pyrrole nitrogens is 1. The predicted molar refractivity (Wildman–Crippen MR) is 128 cm³/mol. The molecule has 0 radical (unpaired) electrons. The molecular formula is C25H27N5O3. The van der Waals surface area contributed by atoms with Crippen LogP contribution in [0.15, 0.2) is 59.3 Å². The number of hydrogen-bond acceptors (Lipinski definition) is 5. The number of oxazole rings is 1. The van der Waals surface area contributed by atoms with Gasteiger partial charge in [-0.2, -0.15) is 0 Å². The Morgan fingerprint density at radius 3 is 2.76 bits per heavy atom. The zero-order valence-corrected chi connectivity index (χ0v) is 18.8. The molecule has 8 nitrogen and oxygen atoms in total. The normalized spacial score (nSPS) is 14.0. The fourth-order valence-corrected chi connectivity index (χ4v) is 4.29. The number of fused-ring (bicyclic) bond motifs is 1. The first-order valence-electron chi connectivity index (χ1n) is 11.1. The largest absolute Gasteiger partial charge is 0.496 e. The molecule has 0 aliphatic carbocycles. The Morgan fingerprint density at radius 1 is 1.18 bits per heavy atom. The maximum Gasteiger partial charge on any atom is 0.317 e. The minimum atomic E-state index is -0.0338. The number of methoxy groups -OCH3 is 1. The maximum atomic E-state index is 12.7. The van der Waals surface area contributed by atoms with Crippen molar-refractivity contribution in [3.8, 4) is 17.1 Å². The minimum absolute atomic E-state index is 0.0338. The van der Waals surface area contributed by atoms with Crippen LogP contribution in [0.25, 0.3) is 22.2 Å². The average molecular weight is 446 g/mol. The number of piperazine rings is 1. The first-order valence-corrected chi connectivity index (χ1v) is 11.1. The van der Waals surface area contributed by atoms with Crippen LogP contribution >= 0.6 is 0 Å². The molecule has 0 saturated carbocycles. The first-order chi connectivity index (χ1) is 16.1. The summed E-state index contributed by atoms with van der Waals surface area (Å²) in [4.78, 5) is 24.3. The summed E-state index contributed by atoms with van der Waals surface area (Å²) >= 11 is 0. The molecule has 3 heterocycles. The van der Waals surface area contributed by atoms with Crippen molar-refractivity contribution >= 4 is 22.6 Å². The molecule has 2 aromatic carbocycles. The second-order valence-corrected chi connectivity index (χ2v) is 8.12. The van der Waals surface area contributed by atoms with Gasteiger partial charge in [0.05, 0.1) is 18.9 Å². The number of carbonyl (C=O) groups is 1. The van der Waals surface area contributed by atoms with Gasteiger partial charge < -0.3 is 29.3 Å². The highest BCUT2D eigenvalue weighted by molar-refractivity contribution is 5.83. The van der Waals surface area contributed by atoms with Gasteiger partial charge in [0.1, 0.15) is 5.75 Å². The summed E-state index contributed by atoms with van der Waals surface area (Å²) in [5.74, 6) is 2.05. The van der Waals surface area contributed by atoms with Crippen molar-refractivity contribution in [1.82, 2.24) is 20.2 Å². The van der Waals surface area contributed by atoms with Crippen LogP contribution in [0.2, 0.25) is 0 Å². The molecule has 4 aromatic rings. The smallest absolute Gasteiger partial charge is 0.317 e. The zero-order valence-electron chi connectivity index (χ0n) is 18.8. The molecule has 1 aliphatic rings. The van der Waals surface area contributed by atoms with E-state index in [0.717, 1.165) is 46.6 Å². The van der Waals surface area contributed by atoms with Crippen LogP contribution in [0.1, 0.15) is 11.5 Å². The van der Waals surface area contributed by atoms with Crippen molar-refractivity contribution < 1.29 is 13.9 Å². The molecule has 8 heteroatoms. The lowest BCUT2D eigenvalue weighted by molar-refractivity contribution is 0.194. The zero-order chi connectivity index (χ0) is 22.8. The Hall–Kier alpha value is -3.94. The van der Waals surface area contributed by atoms with E-state index < -0.39 is 0 Å². The van der Waals surface area contributed by atoms with Crippen LogP contribution in [-0.4, -0.2) is 54.2 Å². The van der Waals surface area contributed by atoms with Gasteiger partial charge in [-0.1, -0.05) is 18.2 Å². The molecular weight excluding hydrogens is 418 g/mol. The third-order valence-electron chi connectivity index (χ3n) is 6.11. The summed E-state index contributed by atoms with van der Waals surface area (Å²) in [5, 5.41) is 4.20. The number of nitrogens with one attached hydrogen (secondary N) is 2. The molecule has 1 fully saturated rings. The van der Waals surface area contributed by atoms with Crippen LogP contribution in [0.4, 0.5) is 10.5 Å². The summed E-state index contributed by atoms with van der Waals surface area (Å²) in [6, 6.07) is 14.1. The number of rotatable bonds is 5. The minimum Gasteiger partial charge on any atom is -0.496 e. The van der Waals surface area contributed by atoms with E-state index >= 15 is 0 Å². The number of anilines is 1. The highest BCUT2D eigenvalue weighted by Gasteiger charge is 2.22. The second-order valence-electron chi connectivity index (χ2n) is 8.12. The lowest BCUT2D eigenvalue weighted by Gasteiger charge is -2.36. The number of aromatic nitrogens is 2. The van der Waals surface area contributed by atoms with Gasteiger partial charge in [-0.25, -0.2) is 9.78 Å². The van der Waals surface area contributed by atoms with Crippen molar-refractivity contribution in [2.45, 2.75) is 13.5 Å². The van der Waals surface area contributed by atoms with E-state index in [1.54, 1.807) is 13.3 Å². The summed E-state index contributed by atoms with van der Waals surface area (Å²) in [6.07, 6.45) is 3.67. The molecule has 0 unspecified atom stereocenters. The molecule has 1 aliphatic heterocycles. The number of aromatic amines is 1. The number of hydrogen-bond donors (Lipinski definition) is 2. The monoisotopic (exact) mass is 445 g/mol. The Balaban J connectivity index is 1.19. The molecule has 5 rings (SSSR count). The maximum absolute atomic E-state index is 12.7. The standard InChI is InChI=1S/C25H27N5O3/c1-17-26-16-24(33-17)21-8-7-19(13-23(21)32-2)29-9-11-30(12-10-29)25(31)28-15-18-14-27-22-6-4-3-5-20(18)22/h3-8,13-14,16,27H,9-12,15H2,1-2H3,(H,28,31). The van der Waals surface area contributed by atoms with Crippen molar-refractivity contribution in [1.29, 1.82) is 0 Å². The summed E-state index contributed by atoms with van der Waals surface area (Å²) in [6.45, 7) is 5.15. The molecule has 33 heavy (non-hydrogen) atoms. The lowest BCUT2D eigenvalue weighted by atomic mass is 10.1. The molecule has 2 N–H and O–H groups in total. The van der Waals surface area contributed by atoms with Crippen molar-refractivity contribution in [3.63, 3.8) is 0 Å². The summed E-state index contributed by atoms with van der Waals surface area (Å²) in [5.41, 5.74) is 4.10. The Labute approximate surface area is 192 Å². The number of amides is 2. The summed E-state index contributed by atoms with van der Waals surface area (Å²) in [7, 11) is 1.65. The van der Waals surface area contributed by atoms with E-state index in [-0.39, 0.29) is 6.03 Å². The van der Waals surface area contributed by atoms with Crippen LogP contribution in [0.5, 0.6) is 5.75 Å². The fraction of sp³-hybridized carbons (Fsp3) is 0.280. The second kappa shape index (κ2) is 8.90. The third kappa shape index (κ3) is 4.24. The highest BCUT2D eigenvalue weighted by atomic mass is 16.5. The number of para-hydroxylation sites is 1. The van der Waals surface area contributed by atoms with Crippen molar-refractivity contribution in [2.24, 2.45) is 0 Å². The molecule has 170 valence electrons. The third-order valence-corrected chi connectivity index (χ3v) is 6.11. The molecule has 0 spiro atoms. The number of ether oxygens (including phenoxy) is 1. The lowest BCUT2D eigenvalue weighted by Crippen LogP contribution is -2.51. The summed E-state index contributed by atoms with van der Waals surface area (Å²) < 4.78 is 11.3. The number of aryl methyl sites for hydroxylation is 1. The van der Waals surface area contributed by atoms with Crippen LogP contribution in [-0.2, 0) is 6.54 Å². The van der Waals surface area contributed by atoms with Gasteiger partial charge in [0.15, 0.2) is 11.7 Å². The van der Waals surface area contributed by atoms with E-state index in [2.05, 4.69) is 32.3 Å². The van der Waals surface area contributed by atoms with Gasteiger partial charge in [-0.05, 0) is 23.8 Å². The van der Waals surface area contributed by atoms with Gasteiger partial charge in [0, 0.05) is 68.5 Å². The van der Waals surface area contributed by atoms with Gasteiger partial charge in [-0.3, -0.25) is 0 Å². The number of benzene rings is 2. The van der Waals surface area contributed by atoms with E-state index in [9.17, 15) is 4.79 Å². The number of carbonyl (C=O) groups excluding carboxylic acids is 1. The van der Waals surface area contributed by atoms with Gasteiger partial charge >= 0.3 is 6.03 Å². The molecule has 1 saturated heterocycles. The van der Waals surface area contributed by atoms with Gasteiger partial charge in [-0.15, -0.1) is 0 Å². The molecule has 0 atom stereocenters. The number of nitrogens with zero attached hydrogens (tertiary/aromatic N) is 3. The van der Waals surface area contributed by atoms with E-state index in [4.69, 9.17) is 9.15 Å². The van der Waals surface area contributed by atoms with Gasteiger partial charge in [0.25, 0.3) is 0 Å². The van der Waals surface area contributed by atoms with Crippen molar-refractivity contribution in [3.05, 3.63) is 66.3 Å². The Morgan fingerprint density at radius 2 is 2.00 bits per heavy atom. The van der Waals surface area contributed by atoms with E-state index in [0.29, 0.717) is 31.3 Å². The number of urea groups is 1. The van der Waals surface area contributed by atoms with E-state index in [1.807, 2.05) is 48.4 Å². The SMILES string of the molecule is COc1cc(N2CCN(C(=O)NCc3c[nH]c4ccccc34)CC2)ccc1-c1cnc(C)o1. The Bertz CT molecular complexity index is 1270. The molecule has 0 bridgehead atoms. The topological polar surface area (TPSA) is 86.6 Å². The Kier molecular flexibility index (Phi) is 5.64. The highest BCUT2D eigenvalue weighted by Crippen LogP contribution is 2.34. The fourth-order valence-electron chi connectivity index (χ4n) is 4.29. The molecule has 2 amide bonds. The van der Waals surface area contributed by atoms with Crippen LogP contribution in [0, 0.1) is 6.92 Å². The van der Waals surface area contributed by atoms with Crippen LogP contribution < -0.4 is 15.0 Å². The average Bonchev–Trinajstić information content (AvgIpc) is 3.48. The van der Waals surface area contributed by atoms with E-state index in [1.165, 1.54) is 0 Å². The van der Waals surface area contributed by atoms with Gasteiger partial charge in [0.2, 0.25) is 0 Å². The molecule has 2 aromatic heterocycles. The van der Waals surface area contributed by atoms with Crippen molar-refractivity contribution in [2.75, 3.05) is 38.2 Å². The first kappa shape index (κ1) is 20.9. The van der Waals surface area contributed by atoms with Crippen LogP contribution in [0.3, 0.4) is 0 Å². The predicted octanol–water partition coefficient (Wildman–Crippen LogP) is 4.17. The quantitative estimate of drug-likeness (QED) is 0.481.